The number of rotatable bonds is 2. The van der Waals surface area contributed by atoms with E-state index in [2.05, 4.69) is 10.1 Å². The van der Waals surface area contributed by atoms with E-state index in [9.17, 15) is 14.3 Å². The summed E-state index contributed by atoms with van der Waals surface area (Å²) in [4.78, 5) is 15.0. The van der Waals surface area contributed by atoms with Gasteiger partial charge in [0.2, 0.25) is 5.88 Å². The van der Waals surface area contributed by atoms with Crippen molar-refractivity contribution in [3.63, 3.8) is 0 Å². The molecule has 0 amide bonds. The number of aromatic hydroxyl groups is 1. The third kappa shape index (κ3) is 2.07. The van der Waals surface area contributed by atoms with Gasteiger partial charge in [0, 0.05) is 5.56 Å². The Bertz CT molecular complexity index is 925. The fourth-order valence-corrected chi connectivity index (χ4v) is 2.70. The minimum absolute atomic E-state index is 0.143. The Labute approximate surface area is 126 Å². The van der Waals surface area contributed by atoms with Gasteiger partial charge in [-0.25, -0.2) is 4.39 Å². The average Bonchev–Trinajstić information content (AvgIpc) is 2.75. The van der Waals surface area contributed by atoms with Crippen molar-refractivity contribution in [3.05, 3.63) is 51.7 Å². The molecule has 6 heteroatoms. The normalized spacial score (nSPS) is 11.5. The zero-order valence-corrected chi connectivity index (χ0v) is 12.5. The van der Waals surface area contributed by atoms with Crippen LogP contribution in [0.3, 0.4) is 0 Å². The van der Waals surface area contributed by atoms with Gasteiger partial charge in [0.1, 0.15) is 11.5 Å². The fraction of sp³-hybridized carbons (Fsp3) is 0.250. The van der Waals surface area contributed by atoms with Crippen LogP contribution in [0.15, 0.2) is 29.1 Å². The maximum Gasteiger partial charge on any atom is 0.258 e. The summed E-state index contributed by atoms with van der Waals surface area (Å²) >= 11 is 0. The Hall–Kier alpha value is -2.63. The van der Waals surface area contributed by atoms with Crippen LogP contribution in [0.4, 0.5) is 4.39 Å². The molecule has 2 aromatic heterocycles. The van der Waals surface area contributed by atoms with Crippen molar-refractivity contribution in [2.24, 2.45) is 0 Å². The first-order chi connectivity index (χ1) is 10.4. The van der Waals surface area contributed by atoms with E-state index >= 15 is 0 Å². The molecule has 5 nitrogen and oxygen atoms in total. The maximum absolute atomic E-state index is 13.5. The molecular formula is C16H16FN3O2. The second-order valence-corrected chi connectivity index (χ2v) is 5.58. The van der Waals surface area contributed by atoms with Gasteiger partial charge in [-0.3, -0.25) is 4.79 Å². The van der Waals surface area contributed by atoms with Crippen LogP contribution in [-0.4, -0.2) is 19.7 Å². The Morgan fingerprint density at radius 2 is 2.09 bits per heavy atom. The average molecular weight is 301 g/mol. The first-order valence-corrected chi connectivity index (χ1v) is 7.00. The number of aromatic nitrogens is 3. The number of fused-ring (bicyclic) bond motifs is 1. The molecule has 0 saturated carbocycles. The molecule has 0 saturated heterocycles. The summed E-state index contributed by atoms with van der Waals surface area (Å²) in [7, 11) is 0. The molecule has 0 aliphatic carbocycles. The molecule has 2 N–H and O–H groups in total. The van der Waals surface area contributed by atoms with Crippen molar-refractivity contribution in [1.82, 2.24) is 14.6 Å². The van der Waals surface area contributed by atoms with Crippen molar-refractivity contribution >= 4 is 5.65 Å². The molecule has 0 bridgehead atoms. The molecule has 2 heterocycles. The van der Waals surface area contributed by atoms with Crippen LogP contribution in [0.25, 0.3) is 16.8 Å². The smallest absolute Gasteiger partial charge is 0.258 e. The lowest BCUT2D eigenvalue weighted by atomic mass is 10.1. The van der Waals surface area contributed by atoms with Crippen LogP contribution < -0.4 is 5.56 Å². The van der Waals surface area contributed by atoms with Gasteiger partial charge in [0.25, 0.3) is 5.56 Å². The molecule has 0 aliphatic heterocycles. The number of hydrogen-bond donors (Lipinski definition) is 2. The van der Waals surface area contributed by atoms with Crippen molar-refractivity contribution in [3.8, 4) is 17.0 Å². The number of nitrogens with zero attached hydrogens (tertiary/aromatic N) is 2. The van der Waals surface area contributed by atoms with Crippen LogP contribution in [0.5, 0.6) is 5.88 Å². The Morgan fingerprint density at radius 1 is 1.36 bits per heavy atom. The molecule has 0 fully saturated rings. The summed E-state index contributed by atoms with van der Waals surface area (Å²) in [5, 5.41) is 14.6. The van der Waals surface area contributed by atoms with Gasteiger partial charge in [-0.15, -0.1) is 0 Å². The van der Waals surface area contributed by atoms with Crippen LogP contribution in [0.1, 0.15) is 31.0 Å². The summed E-state index contributed by atoms with van der Waals surface area (Å²) in [6.07, 6.45) is 0. The molecule has 1 aromatic carbocycles. The highest BCUT2D eigenvalue weighted by Gasteiger charge is 2.20. The molecule has 0 atom stereocenters. The summed E-state index contributed by atoms with van der Waals surface area (Å²) in [6.45, 7) is 5.39. The highest BCUT2D eigenvalue weighted by Crippen LogP contribution is 2.30. The number of aromatic amines is 1. The number of hydrogen-bond acceptors (Lipinski definition) is 3. The maximum atomic E-state index is 13.5. The second kappa shape index (κ2) is 4.98. The van der Waals surface area contributed by atoms with Crippen molar-refractivity contribution in [2.45, 2.75) is 26.7 Å². The van der Waals surface area contributed by atoms with Gasteiger partial charge >= 0.3 is 0 Å². The van der Waals surface area contributed by atoms with Gasteiger partial charge in [0.05, 0.1) is 11.3 Å². The number of aryl methyl sites for hydroxylation is 1. The first kappa shape index (κ1) is 14.3. The first-order valence-electron chi connectivity index (χ1n) is 7.00. The van der Waals surface area contributed by atoms with E-state index in [1.807, 2.05) is 13.8 Å². The molecule has 0 spiro atoms. The number of H-pyrrole nitrogens is 1. The molecular weight excluding hydrogens is 285 g/mol. The van der Waals surface area contributed by atoms with Crippen LogP contribution in [-0.2, 0) is 0 Å². The zero-order chi connectivity index (χ0) is 16.0. The monoisotopic (exact) mass is 301 g/mol. The second-order valence-electron chi connectivity index (χ2n) is 5.58. The number of nitrogens with one attached hydrogen (secondary N) is 1. The molecule has 3 aromatic rings. The van der Waals surface area contributed by atoms with Gasteiger partial charge in [-0.05, 0) is 30.5 Å². The van der Waals surface area contributed by atoms with E-state index in [4.69, 9.17) is 0 Å². The number of halogens is 1. The van der Waals surface area contributed by atoms with E-state index in [0.29, 0.717) is 22.5 Å². The van der Waals surface area contributed by atoms with Crippen LogP contribution in [0, 0.1) is 12.7 Å². The van der Waals surface area contributed by atoms with Gasteiger partial charge < -0.3 is 10.1 Å². The standard InChI is InChI=1S/C16H16FN3O2/c1-8(2)12-15(21)18-14-13(9(3)19-20(14)16(12)22)10-5-4-6-11(17)7-10/h4-8,22H,1-3H3,(H,18,21). The minimum Gasteiger partial charge on any atom is -0.493 e. The van der Waals surface area contributed by atoms with Gasteiger partial charge in [-0.1, -0.05) is 26.0 Å². The Morgan fingerprint density at radius 3 is 2.73 bits per heavy atom. The summed E-state index contributed by atoms with van der Waals surface area (Å²) in [5.41, 5.74) is 2.06. The summed E-state index contributed by atoms with van der Waals surface area (Å²) in [5.74, 6) is -0.698. The lowest BCUT2D eigenvalue weighted by molar-refractivity contribution is 0.422. The quantitative estimate of drug-likeness (QED) is 0.764. The number of benzene rings is 1. The molecule has 0 unspecified atom stereocenters. The largest absolute Gasteiger partial charge is 0.493 e. The lowest BCUT2D eigenvalue weighted by Gasteiger charge is -2.08. The van der Waals surface area contributed by atoms with Crippen molar-refractivity contribution < 1.29 is 9.50 Å². The van der Waals surface area contributed by atoms with Crippen molar-refractivity contribution in [2.75, 3.05) is 0 Å². The van der Waals surface area contributed by atoms with E-state index in [-0.39, 0.29) is 28.7 Å². The van der Waals surface area contributed by atoms with Crippen LogP contribution >= 0.6 is 0 Å². The van der Waals surface area contributed by atoms with Gasteiger partial charge in [0.15, 0.2) is 0 Å². The molecule has 0 radical (unpaired) electrons. The van der Waals surface area contributed by atoms with E-state index in [1.165, 1.54) is 16.6 Å². The molecule has 22 heavy (non-hydrogen) atoms. The minimum atomic E-state index is -0.374. The highest BCUT2D eigenvalue weighted by molar-refractivity contribution is 5.80. The van der Waals surface area contributed by atoms with E-state index in [1.54, 1.807) is 19.1 Å². The van der Waals surface area contributed by atoms with E-state index in [0.717, 1.165) is 0 Å². The molecule has 0 aliphatic rings. The summed E-state index contributed by atoms with van der Waals surface area (Å²) in [6, 6.07) is 6.05. The summed E-state index contributed by atoms with van der Waals surface area (Å²) < 4.78 is 14.8. The molecule has 114 valence electrons. The topological polar surface area (TPSA) is 70.4 Å². The third-order valence-corrected chi connectivity index (χ3v) is 3.67. The Kier molecular flexibility index (Phi) is 3.24. The SMILES string of the molecule is Cc1nn2c(O)c(C(C)C)c(=O)[nH]c2c1-c1cccc(F)c1. The van der Waals surface area contributed by atoms with Crippen LogP contribution in [0.2, 0.25) is 0 Å². The Balaban J connectivity index is 2.39. The predicted molar refractivity (Wildman–Crippen MR) is 81.7 cm³/mol. The van der Waals surface area contributed by atoms with Gasteiger partial charge in [-0.2, -0.15) is 9.61 Å². The fourth-order valence-electron chi connectivity index (χ4n) is 2.70. The molecule has 3 rings (SSSR count). The lowest BCUT2D eigenvalue weighted by Crippen LogP contribution is -2.17. The predicted octanol–water partition coefficient (Wildman–Crippen LogP) is 2.97. The zero-order valence-electron chi connectivity index (χ0n) is 12.5. The highest BCUT2D eigenvalue weighted by atomic mass is 19.1. The van der Waals surface area contributed by atoms with E-state index < -0.39 is 0 Å². The van der Waals surface area contributed by atoms with Crippen molar-refractivity contribution in [1.29, 1.82) is 0 Å². The third-order valence-electron chi connectivity index (χ3n) is 3.67.